The molecule has 0 aliphatic carbocycles. The zero-order chi connectivity index (χ0) is 14.9. The number of likely N-dealkylation sites (tertiary alicyclic amines) is 2. The lowest BCUT2D eigenvalue weighted by Crippen LogP contribution is -2.52. The molecule has 4 rings (SSSR count). The molecule has 3 aliphatic heterocycles. The first kappa shape index (κ1) is 14.6. The summed E-state index contributed by atoms with van der Waals surface area (Å²) in [6, 6.07) is 0. The second-order valence-corrected chi connectivity index (χ2v) is 7.60. The number of hydrogen-bond donors (Lipinski definition) is 0. The van der Waals surface area contributed by atoms with Gasteiger partial charge >= 0.3 is 0 Å². The number of aromatic nitrogens is 1. The smallest absolute Gasteiger partial charge is 0.227 e. The van der Waals surface area contributed by atoms with Gasteiger partial charge in [0, 0.05) is 50.3 Å². The van der Waals surface area contributed by atoms with Gasteiger partial charge in [-0.3, -0.25) is 9.69 Å². The van der Waals surface area contributed by atoms with Crippen molar-refractivity contribution in [1.82, 2.24) is 14.8 Å². The summed E-state index contributed by atoms with van der Waals surface area (Å²) in [6.07, 6.45) is 5.44. The summed E-state index contributed by atoms with van der Waals surface area (Å²) >= 11 is 1.69. The maximum atomic E-state index is 12.9. The van der Waals surface area contributed by atoms with Gasteiger partial charge in [-0.1, -0.05) is 0 Å². The van der Waals surface area contributed by atoms with E-state index in [2.05, 4.69) is 14.8 Å². The fourth-order valence-electron chi connectivity index (χ4n) is 4.14. The van der Waals surface area contributed by atoms with E-state index < -0.39 is 0 Å². The Balaban J connectivity index is 1.49. The molecule has 22 heavy (non-hydrogen) atoms. The Bertz CT molecular complexity index is 515. The maximum absolute atomic E-state index is 12.9. The van der Waals surface area contributed by atoms with Crippen LogP contribution in [0.4, 0.5) is 0 Å². The number of ether oxygens (including phenoxy) is 1. The minimum absolute atomic E-state index is 0.110. The van der Waals surface area contributed by atoms with E-state index in [4.69, 9.17) is 4.74 Å². The summed E-state index contributed by atoms with van der Waals surface area (Å²) in [6.45, 7) is 5.34. The topological polar surface area (TPSA) is 45.7 Å². The van der Waals surface area contributed by atoms with E-state index in [9.17, 15) is 4.79 Å². The quantitative estimate of drug-likeness (QED) is 0.848. The van der Waals surface area contributed by atoms with Crippen LogP contribution in [0.2, 0.25) is 0 Å². The van der Waals surface area contributed by atoms with E-state index in [1.165, 1.54) is 0 Å². The Morgan fingerprint density at radius 3 is 3.00 bits per heavy atom. The summed E-state index contributed by atoms with van der Waals surface area (Å²) in [7, 11) is 0. The molecule has 0 aromatic carbocycles. The minimum atomic E-state index is 0.110. The molecule has 120 valence electrons. The minimum Gasteiger partial charge on any atom is -0.377 e. The largest absolute Gasteiger partial charge is 0.377 e. The molecular formula is C16H23N3O2S. The molecule has 0 saturated carbocycles. The van der Waals surface area contributed by atoms with Gasteiger partial charge in [-0.2, -0.15) is 0 Å². The van der Waals surface area contributed by atoms with Crippen molar-refractivity contribution in [3.8, 4) is 0 Å². The fourth-order valence-corrected chi connectivity index (χ4v) is 4.80. The summed E-state index contributed by atoms with van der Waals surface area (Å²) < 4.78 is 5.92. The number of piperidine rings is 1. The predicted molar refractivity (Wildman–Crippen MR) is 84.5 cm³/mol. The first-order valence-corrected chi connectivity index (χ1v) is 9.20. The van der Waals surface area contributed by atoms with Crippen molar-refractivity contribution < 1.29 is 9.53 Å². The Morgan fingerprint density at radius 2 is 2.23 bits per heavy atom. The average molecular weight is 321 g/mol. The lowest BCUT2D eigenvalue weighted by Gasteiger charge is -2.40. The van der Waals surface area contributed by atoms with E-state index >= 15 is 0 Å². The van der Waals surface area contributed by atoms with Crippen LogP contribution in [0.1, 0.15) is 24.3 Å². The van der Waals surface area contributed by atoms with Gasteiger partial charge in [0.05, 0.1) is 18.6 Å². The lowest BCUT2D eigenvalue weighted by molar-refractivity contribution is -0.140. The van der Waals surface area contributed by atoms with Gasteiger partial charge in [-0.15, -0.1) is 11.3 Å². The van der Waals surface area contributed by atoms with Crippen LogP contribution in [0.25, 0.3) is 0 Å². The molecule has 3 fully saturated rings. The highest BCUT2D eigenvalue weighted by atomic mass is 32.1. The third kappa shape index (κ3) is 2.79. The van der Waals surface area contributed by atoms with Crippen molar-refractivity contribution >= 4 is 17.2 Å². The Kier molecular flexibility index (Phi) is 4.15. The molecule has 3 atom stereocenters. The van der Waals surface area contributed by atoms with Crippen LogP contribution in [0.3, 0.4) is 0 Å². The molecule has 0 spiro atoms. The fraction of sp³-hybridized carbons (Fsp3) is 0.750. The van der Waals surface area contributed by atoms with Crippen LogP contribution in [0.15, 0.2) is 11.6 Å². The number of carbonyl (C=O) groups excluding carboxylic acids is 1. The van der Waals surface area contributed by atoms with Crippen LogP contribution in [0.5, 0.6) is 0 Å². The highest BCUT2D eigenvalue weighted by Gasteiger charge is 2.45. The van der Waals surface area contributed by atoms with E-state index in [0.29, 0.717) is 11.8 Å². The standard InChI is InChI=1S/C16H23N3O2S/c20-16(19-5-1-2-6-19)13-9-18(11-15-17-4-8-22-15)10-14-12(13)3-7-21-14/h4,8,12-14H,1-3,5-7,9-11H2/t12-,13-,14+/m0/s1. The van der Waals surface area contributed by atoms with Crippen LogP contribution in [0, 0.1) is 11.8 Å². The van der Waals surface area contributed by atoms with Gasteiger partial charge < -0.3 is 9.64 Å². The van der Waals surface area contributed by atoms with Crippen LogP contribution in [-0.4, -0.2) is 59.6 Å². The van der Waals surface area contributed by atoms with Crippen molar-refractivity contribution in [1.29, 1.82) is 0 Å². The molecule has 1 amide bonds. The molecule has 0 unspecified atom stereocenters. The Morgan fingerprint density at radius 1 is 1.36 bits per heavy atom. The molecule has 3 saturated heterocycles. The second-order valence-electron chi connectivity index (χ2n) is 6.62. The number of thiazole rings is 1. The van der Waals surface area contributed by atoms with Crippen LogP contribution < -0.4 is 0 Å². The zero-order valence-electron chi connectivity index (χ0n) is 12.8. The van der Waals surface area contributed by atoms with E-state index in [1.54, 1.807) is 11.3 Å². The molecule has 5 nitrogen and oxygen atoms in total. The third-order valence-electron chi connectivity index (χ3n) is 5.25. The van der Waals surface area contributed by atoms with Gasteiger partial charge in [0.1, 0.15) is 5.01 Å². The normalized spacial score (nSPS) is 32.4. The lowest BCUT2D eigenvalue weighted by atomic mass is 9.82. The van der Waals surface area contributed by atoms with Gasteiger partial charge in [-0.05, 0) is 19.3 Å². The zero-order valence-corrected chi connectivity index (χ0v) is 13.6. The average Bonchev–Trinajstić information content (AvgIpc) is 3.27. The first-order chi connectivity index (χ1) is 10.8. The van der Waals surface area contributed by atoms with Crippen molar-refractivity contribution in [2.24, 2.45) is 11.8 Å². The molecular weight excluding hydrogens is 298 g/mol. The van der Waals surface area contributed by atoms with Crippen LogP contribution >= 0.6 is 11.3 Å². The molecule has 3 aliphatic rings. The molecule has 0 radical (unpaired) electrons. The molecule has 6 heteroatoms. The van der Waals surface area contributed by atoms with Crippen molar-refractivity contribution in [2.75, 3.05) is 32.8 Å². The number of carbonyl (C=O) groups is 1. The monoisotopic (exact) mass is 321 g/mol. The number of rotatable bonds is 3. The van der Waals surface area contributed by atoms with E-state index in [-0.39, 0.29) is 12.0 Å². The van der Waals surface area contributed by atoms with Gasteiger partial charge in [0.2, 0.25) is 5.91 Å². The molecule has 1 aromatic rings. The second kappa shape index (κ2) is 6.26. The molecule has 0 bridgehead atoms. The predicted octanol–water partition coefficient (Wildman–Crippen LogP) is 1.60. The Labute approximate surface area is 135 Å². The summed E-state index contributed by atoms with van der Waals surface area (Å²) in [4.78, 5) is 21.7. The summed E-state index contributed by atoms with van der Waals surface area (Å²) in [5.74, 6) is 0.891. The Hall–Kier alpha value is -0.980. The number of fused-ring (bicyclic) bond motifs is 1. The molecule has 0 N–H and O–H groups in total. The first-order valence-electron chi connectivity index (χ1n) is 8.32. The third-order valence-corrected chi connectivity index (χ3v) is 6.01. The summed E-state index contributed by atoms with van der Waals surface area (Å²) in [5, 5.41) is 3.14. The highest BCUT2D eigenvalue weighted by molar-refractivity contribution is 7.09. The summed E-state index contributed by atoms with van der Waals surface area (Å²) in [5.41, 5.74) is 0. The number of hydrogen-bond acceptors (Lipinski definition) is 5. The van der Waals surface area contributed by atoms with Crippen LogP contribution in [-0.2, 0) is 16.1 Å². The number of nitrogens with zero attached hydrogens (tertiary/aromatic N) is 3. The van der Waals surface area contributed by atoms with Gasteiger partial charge in [-0.25, -0.2) is 4.98 Å². The highest BCUT2D eigenvalue weighted by Crippen LogP contribution is 2.35. The SMILES string of the molecule is O=C([C@H]1CN(Cc2nccs2)C[C@H]2OCC[C@@H]12)N1CCCC1. The van der Waals surface area contributed by atoms with Crippen molar-refractivity contribution in [3.05, 3.63) is 16.6 Å². The molecule has 1 aromatic heterocycles. The van der Waals surface area contributed by atoms with Crippen molar-refractivity contribution in [3.63, 3.8) is 0 Å². The number of amides is 1. The van der Waals surface area contributed by atoms with Gasteiger partial charge in [0.15, 0.2) is 0 Å². The molecule has 4 heterocycles. The van der Waals surface area contributed by atoms with Gasteiger partial charge in [0.25, 0.3) is 0 Å². The van der Waals surface area contributed by atoms with E-state index in [1.807, 2.05) is 11.6 Å². The van der Waals surface area contributed by atoms with Crippen molar-refractivity contribution in [2.45, 2.75) is 31.9 Å². The maximum Gasteiger partial charge on any atom is 0.227 e. The van der Waals surface area contributed by atoms with E-state index in [0.717, 1.165) is 63.6 Å².